The summed E-state index contributed by atoms with van der Waals surface area (Å²) in [7, 11) is -2.71. The number of rotatable bonds is 5. The van der Waals surface area contributed by atoms with Crippen LogP contribution in [0.3, 0.4) is 0 Å². The molecule has 4 heteroatoms. The average Bonchev–Trinajstić information content (AvgIpc) is 2.92. The Hall–Kier alpha value is -1.16. The Balaban J connectivity index is 1.67. The fourth-order valence-electron chi connectivity index (χ4n) is 5.22. The summed E-state index contributed by atoms with van der Waals surface area (Å²) in [6, 6.07) is 9.19. The first-order chi connectivity index (χ1) is 11.3. The van der Waals surface area contributed by atoms with Crippen LogP contribution in [0, 0.1) is 27.9 Å². The van der Waals surface area contributed by atoms with E-state index in [0.717, 1.165) is 38.5 Å². The van der Waals surface area contributed by atoms with Crippen LogP contribution in [-0.2, 0) is 14.5 Å². The predicted octanol–water partition coefficient (Wildman–Crippen LogP) is 4.90. The van der Waals surface area contributed by atoms with Crippen LogP contribution in [0.2, 0.25) is 0 Å². The molecule has 0 radical (unpaired) electrons. The molecule has 0 spiro atoms. The van der Waals surface area contributed by atoms with Gasteiger partial charge in [0.15, 0.2) is 0 Å². The van der Waals surface area contributed by atoms with Crippen molar-refractivity contribution in [2.45, 2.75) is 57.3 Å². The Bertz CT molecular complexity index is 698. The normalized spacial score (nSPS) is 33.7. The molecule has 0 unspecified atom stereocenters. The van der Waals surface area contributed by atoms with Crippen LogP contribution in [0.4, 0.5) is 0 Å². The summed E-state index contributed by atoms with van der Waals surface area (Å²) >= 11 is 0. The first kappa shape index (κ1) is 17.7. The molecular formula is C20H29NO2S. The van der Waals surface area contributed by atoms with Crippen molar-refractivity contribution in [2.75, 3.05) is 5.75 Å². The molecule has 2 fully saturated rings. The second kappa shape index (κ2) is 6.62. The molecule has 1 aromatic carbocycles. The summed E-state index contributed by atoms with van der Waals surface area (Å²) in [4.78, 5) is 12.9. The lowest BCUT2D eigenvalue weighted by atomic mass is 9.62. The first-order valence-corrected chi connectivity index (χ1v) is 10.9. The summed E-state index contributed by atoms with van der Waals surface area (Å²) in [5, 5.41) is 0. The van der Waals surface area contributed by atoms with Crippen LogP contribution in [0.5, 0.6) is 0 Å². The van der Waals surface area contributed by atoms with E-state index in [9.17, 15) is 9.00 Å². The second-order valence-corrected chi connectivity index (χ2v) is 10.3. The molecule has 0 heterocycles. The third-order valence-electron chi connectivity index (χ3n) is 6.61. The van der Waals surface area contributed by atoms with E-state index in [0.29, 0.717) is 28.3 Å². The summed E-state index contributed by atoms with van der Waals surface area (Å²) < 4.78 is 21.0. The predicted molar refractivity (Wildman–Crippen MR) is 97.4 cm³/mol. The molecule has 2 aliphatic carbocycles. The zero-order valence-electron chi connectivity index (χ0n) is 14.8. The van der Waals surface area contributed by atoms with Gasteiger partial charge in [-0.15, -0.1) is 0 Å². The molecular weight excluding hydrogens is 318 g/mol. The molecule has 0 bridgehead atoms. The molecule has 5 atom stereocenters. The summed E-state index contributed by atoms with van der Waals surface area (Å²) in [6.07, 6.45) is 5.87. The maximum absolute atomic E-state index is 12.7. The maximum atomic E-state index is 12.7. The van der Waals surface area contributed by atoms with Gasteiger partial charge < -0.3 is 0 Å². The van der Waals surface area contributed by atoms with Crippen LogP contribution in [0.25, 0.3) is 0 Å². The fourth-order valence-corrected chi connectivity index (χ4v) is 6.75. The Labute approximate surface area is 146 Å². The van der Waals surface area contributed by atoms with Crippen molar-refractivity contribution >= 4 is 15.5 Å². The zero-order chi connectivity index (χ0) is 17.4. The number of nitrogens with one attached hydrogen (secondary N) is 1. The number of carbonyl (C=O) groups is 1. The Morgan fingerprint density at radius 1 is 1.29 bits per heavy atom. The van der Waals surface area contributed by atoms with Gasteiger partial charge in [-0.1, -0.05) is 32.0 Å². The van der Waals surface area contributed by atoms with Gasteiger partial charge in [0.05, 0.1) is 9.73 Å². The van der Waals surface area contributed by atoms with Gasteiger partial charge in [0, 0.05) is 23.0 Å². The minimum Gasteiger partial charge on any atom is -0.299 e. The molecule has 3 rings (SSSR count). The van der Waals surface area contributed by atoms with Gasteiger partial charge in [-0.05, 0) is 61.5 Å². The Morgan fingerprint density at radius 3 is 2.71 bits per heavy atom. The molecule has 0 amide bonds. The van der Waals surface area contributed by atoms with Crippen molar-refractivity contribution in [3.63, 3.8) is 0 Å². The van der Waals surface area contributed by atoms with E-state index in [1.807, 2.05) is 18.2 Å². The summed E-state index contributed by atoms with van der Waals surface area (Å²) in [5.41, 5.74) is 0.129. The number of benzene rings is 1. The smallest absolute Gasteiger partial charge is 0.136 e. The summed E-state index contributed by atoms with van der Waals surface area (Å²) in [5.74, 6) is 2.07. The number of carbonyl (C=O) groups excluding carboxylic acids is 1. The van der Waals surface area contributed by atoms with Gasteiger partial charge >= 0.3 is 0 Å². The highest BCUT2D eigenvalue weighted by atomic mass is 32.2. The van der Waals surface area contributed by atoms with Crippen molar-refractivity contribution in [1.82, 2.24) is 0 Å². The first-order valence-electron chi connectivity index (χ1n) is 9.19. The molecule has 0 aliphatic heterocycles. The minimum absolute atomic E-state index is 0.129. The summed E-state index contributed by atoms with van der Waals surface area (Å²) in [6.45, 7) is 4.54. The highest BCUT2D eigenvalue weighted by Gasteiger charge is 2.52. The molecule has 1 N–H and O–H groups in total. The van der Waals surface area contributed by atoms with Crippen LogP contribution in [-0.4, -0.2) is 15.7 Å². The van der Waals surface area contributed by atoms with Gasteiger partial charge in [-0.25, -0.2) is 8.99 Å². The second-order valence-electron chi connectivity index (χ2n) is 8.02. The number of hydrogen-bond acceptors (Lipinski definition) is 3. The lowest BCUT2D eigenvalue weighted by Gasteiger charge is -2.42. The quantitative estimate of drug-likeness (QED) is 0.823. The van der Waals surface area contributed by atoms with Crippen molar-refractivity contribution in [3.8, 4) is 0 Å². The van der Waals surface area contributed by atoms with Crippen molar-refractivity contribution in [1.29, 1.82) is 4.78 Å². The van der Waals surface area contributed by atoms with Gasteiger partial charge in [0.2, 0.25) is 0 Å². The molecule has 0 saturated heterocycles. The van der Waals surface area contributed by atoms with E-state index in [1.165, 1.54) is 0 Å². The maximum Gasteiger partial charge on any atom is 0.136 e. The van der Waals surface area contributed by atoms with Crippen LogP contribution < -0.4 is 0 Å². The SMILES string of the molecule is C[C@H](CC[S@@](=N)(=O)c1ccccc1)[C@H]1CC[C@H]2C(=O)CCC[C@]12C. The largest absolute Gasteiger partial charge is 0.299 e. The average molecular weight is 348 g/mol. The monoisotopic (exact) mass is 347 g/mol. The fraction of sp³-hybridized carbons (Fsp3) is 0.650. The highest BCUT2D eigenvalue weighted by molar-refractivity contribution is 7.92. The van der Waals surface area contributed by atoms with Crippen LogP contribution in [0.15, 0.2) is 35.2 Å². The standard InChI is InChI=1S/C20H29NO2S/c1-15(12-14-24(21,23)16-7-4-3-5-8-16)17-10-11-18-19(22)9-6-13-20(17,18)2/h3-5,7-8,15,17-18,21H,6,9-14H2,1-2H3/t15-,17-,18+,20-,24-/m1/s1. The van der Waals surface area contributed by atoms with Gasteiger partial charge in [-0.2, -0.15) is 0 Å². The third-order valence-corrected chi connectivity index (χ3v) is 8.45. The molecule has 2 aliphatic rings. The van der Waals surface area contributed by atoms with E-state index in [-0.39, 0.29) is 11.3 Å². The number of hydrogen-bond donors (Lipinski definition) is 1. The lowest BCUT2D eigenvalue weighted by Crippen LogP contribution is -2.39. The van der Waals surface area contributed by atoms with E-state index in [1.54, 1.807) is 12.1 Å². The van der Waals surface area contributed by atoms with Crippen molar-refractivity contribution in [2.24, 2.45) is 23.2 Å². The van der Waals surface area contributed by atoms with Crippen molar-refractivity contribution in [3.05, 3.63) is 30.3 Å². The topological polar surface area (TPSA) is 58.0 Å². The zero-order valence-corrected chi connectivity index (χ0v) is 15.6. The van der Waals surface area contributed by atoms with E-state index in [2.05, 4.69) is 13.8 Å². The van der Waals surface area contributed by atoms with Crippen LogP contribution >= 0.6 is 0 Å². The third kappa shape index (κ3) is 3.17. The molecule has 2 saturated carbocycles. The molecule has 24 heavy (non-hydrogen) atoms. The van der Waals surface area contributed by atoms with Crippen LogP contribution in [0.1, 0.15) is 52.4 Å². The Kier molecular flexibility index (Phi) is 4.87. The van der Waals surface area contributed by atoms with E-state index >= 15 is 0 Å². The molecule has 132 valence electrons. The molecule has 3 nitrogen and oxygen atoms in total. The molecule has 1 aromatic rings. The Morgan fingerprint density at radius 2 is 2.00 bits per heavy atom. The lowest BCUT2D eigenvalue weighted by molar-refractivity contribution is -0.130. The van der Waals surface area contributed by atoms with Crippen molar-refractivity contribution < 1.29 is 9.00 Å². The van der Waals surface area contributed by atoms with E-state index in [4.69, 9.17) is 4.78 Å². The minimum atomic E-state index is -2.71. The van der Waals surface area contributed by atoms with E-state index < -0.39 is 9.73 Å². The van der Waals surface area contributed by atoms with Gasteiger partial charge in [0.25, 0.3) is 0 Å². The van der Waals surface area contributed by atoms with Gasteiger partial charge in [-0.3, -0.25) is 4.79 Å². The number of fused-ring (bicyclic) bond motifs is 1. The number of ketones is 1. The number of Topliss-reactive ketones (excluding diaryl/α,β-unsaturated/α-hetero) is 1. The molecule has 0 aromatic heterocycles. The highest BCUT2D eigenvalue weighted by Crippen LogP contribution is 2.57. The van der Waals surface area contributed by atoms with Gasteiger partial charge in [0.1, 0.15) is 5.78 Å².